The van der Waals surface area contributed by atoms with Gasteiger partial charge in [0.05, 0.1) is 0 Å². The largest absolute Gasteiger partial charge is 0.457 e. The van der Waals surface area contributed by atoms with Gasteiger partial charge >= 0.3 is 0 Å². The number of hydrogen-bond acceptors (Lipinski definition) is 3. The molecular formula is C16H14NO3Y-. The summed E-state index contributed by atoms with van der Waals surface area (Å²) in [6, 6.07) is 15.1. The van der Waals surface area contributed by atoms with Crippen LogP contribution >= 0.6 is 0 Å². The number of fused-ring (bicyclic) bond motifs is 2. The molecule has 0 N–H and O–H groups in total. The Labute approximate surface area is 148 Å². The van der Waals surface area contributed by atoms with Crippen LogP contribution in [0.3, 0.4) is 0 Å². The van der Waals surface area contributed by atoms with Gasteiger partial charge in [-0.15, -0.1) is 5.92 Å². The van der Waals surface area contributed by atoms with Crippen LogP contribution in [-0.2, 0) is 32.7 Å². The zero-order valence-electron chi connectivity index (χ0n) is 11.4. The molecule has 0 unspecified atom stereocenters. The molecular weight excluding hydrogens is 343 g/mol. The van der Waals surface area contributed by atoms with E-state index < -0.39 is 0 Å². The van der Waals surface area contributed by atoms with Crippen molar-refractivity contribution in [2.24, 2.45) is 0 Å². The molecule has 0 spiro atoms. The Bertz CT molecular complexity index is 659. The summed E-state index contributed by atoms with van der Waals surface area (Å²) in [7, 11) is 0. The molecule has 2 atom stereocenters. The first-order valence-electron chi connectivity index (χ1n) is 6.47. The van der Waals surface area contributed by atoms with Crippen LogP contribution in [0.25, 0.3) is 0 Å². The summed E-state index contributed by atoms with van der Waals surface area (Å²) < 4.78 is 5.92. The first-order valence-corrected chi connectivity index (χ1v) is 6.47. The van der Waals surface area contributed by atoms with Crippen molar-refractivity contribution in [3.63, 3.8) is 0 Å². The third-order valence-electron chi connectivity index (χ3n) is 3.69. The second kappa shape index (κ2) is 6.67. The summed E-state index contributed by atoms with van der Waals surface area (Å²) in [4.78, 5) is 10.7. The molecule has 5 heteroatoms. The standard InChI is InChI=1S/C16H14NO3.Y/c1-11-12-6-2-4-8-15(12)20-16-9-5-3-7-13(16)14(11)10-17(18)19;/h2-9,11,14H,1,10H2;/q-1;/t11-,14+;/m0./s1. The predicted octanol–water partition coefficient (Wildman–Crippen LogP) is 3.77. The van der Waals surface area contributed by atoms with Gasteiger partial charge in [0, 0.05) is 49.1 Å². The Morgan fingerprint density at radius 3 is 2.19 bits per heavy atom. The van der Waals surface area contributed by atoms with Crippen molar-refractivity contribution in [1.29, 1.82) is 0 Å². The fraction of sp³-hybridized carbons (Fsp3) is 0.188. The fourth-order valence-electron chi connectivity index (χ4n) is 2.70. The van der Waals surface area contributed by atoms with Crippen LogP contribution in [0.1, 0.15) is 23.0 Å². The average molecular weight is 357 g/mol. The molecule has 1 aliphatic heterocycles. The van der Waals surface area contributed by atoms with E-state index in [9.17, 15) is 10.1 Å². The summed E-state index contributed by atoms with van der Waals surface area (Å²) in [5.74, 6) is 0.911. The van der Waals surface area contributed by atoms with Crippen molar-refractivity contribution >= 4 is 0 Å². The Morgan fingerprint density at radius 2 is 1.57 bits per heavy atom. The van der Waals surface area contributed by atoms with Crippen LogP contribution in [0.4, 0.5) is 0 Å². The van der Waals surface area contributed by atoms with Gasteiger partial charge in [0.2, 0.25) is 6.54 Å². The van der Waals surface area contributed by atoms with Crippen molar-refractivity contribution < 1.29 is 42.4 Å². The molecule has 2 aromatic rings. The molecule has 1 heterocycles. The van der Waals surface area contributed by atoms with Crippen LogP contribution in [0.5, 0.6) is 11.5 Å². The summed E-state index contributed by atoms with van der Waals surface area (Å²) in [6.45, 7) is 4.00. The molecule has 2 aromatic carbocycles. The Balaban J connectivity index is 0.00000161. The number of para-hydroxylation sites is 2. The van der Waals surface area contributed by atoms with Gasteiger partial charge in [-0.2, -0.15) is 0 Å². The maximum Gasteiger partial charge on any atom is 0.208 e. The van der Waals surface area contributed by atoms with Crippen LogP contribution in [0.2, 0.25) is 0 Å². The molecule has 1 radical (unpaired) electrons. The van der Waals surface area contributed by atoms with Gasteiger partial charge in [0.25, 0.3) is 0 Å². The molecule has 0 aliphatic carbocycles. The molecule has 0 amide bonds. The van der Waals surface area contributed by atoms with Gasteiger partial charge in [-0.1, -0.05) is 36.4 Å². The van der Waals surface area contributed by atoms with E-state index in [2.05, 4.69) is 6.92 Å². The zero-order valence-corrected chi connectivity index (χ0v) is 14.3. The second-order valence-corrected chi connectivity index (χ2v) is 4.91. The molecule has 0 aromatic heterocycles. The van der Waals surface area contributed by atoms with Crippen LogP contribution in [0.15, 0.2) is 48.5 Å². The first-order chi connectivity index (χ1) is 9.66. The summed E-state index contributed by atoms with van der Waals surface area (Å²) in [5, 5.41) is 11.0. The van der Waals surface area contributed by atoms with E-state index in [4.69, 9.17) is 4.74 Å². The number of hydrogen-bond donors (Lipinski definition) is 0. The third kappa shape index (κ3) is 3.17. The van der Waals surface area contributed by atoms with E-state index in [0.29, 0.717) is 5.75 Å². The fourth-order valence-corrected chi connectivity index (χ4v) is 2.70. The minimum absolute atomic E-state index is 0. The number of nitro groups is 1. The zero-order chi connectivity index (χ0) is 14.1. The number of ether oxygens (including phenoxy) is 1. The molecule has 3 rings (SSSR count). The van der Waals surface area contributed by atoms with Gasteiger partial charge in [-0.3, -0.25) is 10.1 Å². The first kappa shape index (κ1) is 16.1. The minimum atomic E-state index is -0.287. The molecule has 0 saturated carbocycles. The Hall–Kier alpha value is -1.26. The molecule has 0 saturated heterocycles. The van der Waals surface area contributed by atoms with Crippen molar-refractivity contribution in [3.8, 4) is 11.5 Å². The number of rotatable bonds is 2. The molecule has 105 valence electrons. The van der Waals surface area contributed by atoms with Crippen molar-refractivity contribution in [2.45, 2.75) is 11.8 Å². The van der Waals surface area contributed by atoms with E-state index in [0.717, 1.165) is 16.9 Å². The summed E-state index contributed by atoms with van der Waals surface area (Å²) in [6.07, 6.45) is 0. The minimum Gasteiger partial charge on any atom is -0.457 e. The maximum atomic E-state index is 11.0. The number of benzene rings is 2. The smallest absolute Gasteiger partial charge is 0.208 e. The molecule has 0 bridgehead atoms. The van der Waals surface area contributed by atoms with E-state index in [-0.39, 0.29) is 56.0 Å². The van der Waals surface area contributed by atoms with E-state index >= 15 is 0 Å². The predicted molar refractivity (Wildman–Crippen MR) is 75.7 cm³/mol. The van der Waals surface area contributed by atoms with Gasteiger partial charge in [0.1, 0.15) is 11.5 Å². The van der Waals surface area contributed by atoms with E-state index in [1.165, 1.54) is 0 Å². The normalized spacial score (nSPS) is 19.3. The monoisotopic (exact) mass is 357 g/mol. The maximum absolute atomic E-state index is 11.0. The topological polar surface area (TPSA) is 52.4 Å². The molecule has 4 nitrogen and oxygen atoms in total. The third-order valence-corrected chi connectivity index (χ3v) is 3.69. The summed E-state index contributed by atoms with van der Waals surface area (Å²) in [5.41, 5.74) is 1.76. The van der Waals surface area contributed by atoms with Crippen molar-refractivity contribution in [1.82, 2.24) is 0 Å². The van der Waals surface area contributed by atoms with Gasteiger partial charge in [-0.25, -0.2) is 0 Å². The molecule has 0 fully saturated rings. The second-order valence-electron chi connectivity index (χ2n) is 4.91. The van der Waals surface area contributed by atoms with Crippen LogP contribution < -0.4 is 4.74 Å². The van der Waals surface area contributed by atoms with E-state index in [1.807, 2.05) is 48.5 Å². The molecule has 21 heavy (non-hydrogen) atoms. The quantitative estimate of drug-likeness (QED) is 0.467. The van der Waals surface area contributed by atoms with Gasteiger partial charge in [-0.05, 0) is 17.7 Å². The molecule has 1 aliphatic rings. The van der Waals surface area contributed by atoms with Crippen LogP contribution in [-0.4, -0.2) is 11.5 Å². The Kier molecular flexibility index (Phi) is 5.12. The van der Waals surface area contributed by atoms with Crippen molar-refractivity contribution in [2.75, 3.05) is 6.54 Å². The van der Waals surface area contributed by atoms with Crippen LogP contribution in [0, 0.1) is 17.0 Å². The van der Waals surface area contributed by atoms with Gasteiger partial charge < -0.3 is 11.7 Å². The average Bonchev–Trinajstić information content (AvgIpc) is 2.55. The van der Waals surface area contributed by atoms with Crippen molar-refractivity contribution in [3.05, 3.63) is 76.7 Å². The Morgan fingerprint density at radius 1 is 1.05 bits per heavy atom. The van der Waals surface area contributed by atoms with Gasteiger partial charge in [0.15, 0.2) is 0 Å². The van der Waals surface area contributed by atoms with E-state index in [1.54, 1.807) is 0 Å². The SMILES string of the molecule is [CH2-][C@H]1c2ccccc2Oc2ccccc2[C@@H]1C[N+](=O)[O-].[Y]. The summed E-state index contributed by atoms with van der Waals surface area (Å²) >= 11 is 0. The number of nitrogens with zero attached hydrogens (tertiary/aromatic N) is 1.